The van der Waals surface area contributed by atoms with E-state index in [9.17, 15) is 22.4 Å². The Bertz CT molecular complexity index is 458. The van der Waals surface area contributed by atoms with E-state index in [4.69, 9.17) is 10.2 Å². The molecule has 0 amide bonds. The van der Waals surface area contributed by atoms with E-state index < -0.39 is 35.2 Å². The Morgan fingerprint density at radius 3 is 2.29 bits per heavy atom. The summed E-state index contributed by atoms with van der Waals surface area (Å²) < 4.78 is 50.2. The van der Waals surface area contributed by atoms with Crippen LogP contribution in [0.4, 0.5) is 17.6 Å². The summed E-state index contributed by atoms with van der Waals surface area (Å²) in [4.78, 5) is 10.4. The highest BCUT2D eigenvalue weighted by Crippen LogP contribution is 2.37. The van der Waals surface area contributed by atoms with Gasteiger partial charge in [0.15, 0.2) is 6.10 Å². The first-order chi connectivity index (χ1) is 7.66. The third-order valence-corrected chi connectivity index (χ3v) is 2.63. The van der Waals surface area contributed by atoms with E-state index in [1.54, 1.807) is 0 Å². The topological polar surface area (TPSA) is 57.5 Å². The van der Waals surface area contributed by atoms with Crippen LogP contribution in [0.3, 0.4) is 0 Å². The van der Waals surface area contributed by atoms with E-state index in [1.807, 2.05) is 0 Å². The van der Waals surface area contributed by atoms with Gasteiger partial charge in [0.1, 0.15) is 5.82 Å². The van der Waals surface area contributed by atoms with Crippen molar-refractivity contribution in [1.29, 1.82) is 0 Å². The van der Waals surface area contributed by atoms with E-state index in [1.165, 1.54) is 0 Å². The first kappa shape index (κ1) is 13.9. The zero-order valence-corrected chi connectivity index (χ0v) is 9.51. The Morgan fingerprint density at radius 1 is 1.35 bits per heavy atom. The molecule has 17 heavy (non-hydrogen) atoms. The molecule has 8 heteroatoms. The molecule has 1 aromatic carbocycles. The van der Waals surface area contributed by atoms with E-state index in [0.29, 0.717) is 6.07 Å². The first-order valence-corrected chi connectivity index (χ1v) is 4.91. The molecular weight excluding hydrogens is 312 g/mol. The molecule has 0 bridgehead atoms. The molecule has 1 atom stereocenters. The number of hydrogen-bond acceptors (Lipinski definition) is 2. The second-order valence-electron chi connectivity index (χ2n) is 3.06. The zero-order chi connectivity index (χ0) is 13.4. The average Bonchev–Trinajstić information content (AvgIpc) is 2.14. The molecule has 0 aromatic heterocycles. The fourth-order valence-electron chi connectivity index (χ4n) is 1.16. The molecule has 94 valence electrons. The molecule has 0 fully saturated rings. The molecule has 2 N–H and O–H groups in total. The van der Waals surface area contributed by atoms with Gasteiger partial charge in [0.2, 0.25) is 0 Å². The van der Waals surface area contributed by atoms with Crippen LogP contribution >= 0.6 is 15.9 Å². The lowest BCUT2D eigenvalue weighted by atomic mass is 10.0. The summed E-state index contributed by atoms with van der Waals surface area (Å²) >= 11 is 2.69. The maximum absolute atomic E-state index is 13.5. The molecule has 0 saturated heterocycles. The molecule has 0 aliphatic rings. The number of rotatable bonds is 2. The quantitative estimate of drug-likeness (QED) is 0.825. The van der Waals surface area contributed by atoms with Crippen molar-refractivity contribution < 1.29 is 32.6 Å². The standard InChI is InChI=1S/C9H5BrF4O3/c10-4-2-1-3(9(12,13)14)6(11)5(4)7(15)8(16)17/h1-2,7,15H,(H,16,17). The number of halogens is 5. The van der Waals surface area contributed by atoms with Crippen molar-refractivity contribution in [2.45, 2.75) is 12.3 Å². The van der Waals surface area contributed by atoms with Gasteiger partial charge >= 0.3 is 12.1 Å². The van der Waals surface area contributed by atoms with Crippen molar-refractivity contribution in [2.24, 2.45) is 0 Å². The summed E-state index contributed by atoms with van der Waals surface area (Å²) in [7, 11) is 0. The van der Waals surface area contributed by atoms with Gasteiger partial charge in [0.25, 0.3) is 0 Å². The Kier molecular flexibility index (Phi) is 3.78. The van der Waals surface area contributed by atoms with Crippen LogP contribution in [0.15, 0.2) is 16.6 Å². The summed E-state index contributed by atoms with van der Waals surface area (Å²) in [5, 5.41) is 17.6. The third kappa shape index (κ3) is 2.75. The minimum absolute atomic E-state index is 0.252. The van der Waals surface area contributed by atoms with Crippen LogP contribution in [-0.4, -0.2) is 16.2 Å². The molecular formula is C9H5BrF4O3. The Hall–Kier alpha value is -1.15. The minimum atomic E-state index is -4.96. The van der Waals surface area contributed by atoms with Crippen LogP contribution < -0.4 is 0 Å². The highest BCUT2D eigenvalue weighted by molar-refractivity contribution is 9.10. The molecule has 3 nitrogen and oxygen atoms in total. The number of aliphatic carboxylic acids is 1. The lowest BCUT2D eigenvalue weighted by Gasteiger charge is -2.14. The number of hydrogen-bond donors (Lipinski definition) is 2. The number of aliphatic hydroxyl groups is 1. The normalized spacial score (nSPS) is 13.5. The molecule has 0 aliphatic carbocycles. The zero-order valence-electron chi connectivity index (χ0n) is 7.92. The number of carboxylic acid groups (broad SMARTS) is 1. The van der Waals surface area contributed by atoms with Gasteiger partial charge in [-0.3, -0.25) is 0 Å². The highest BCUT2D eigenvalue weighted by Gasteiger charge is 2.37. The fourth-order valence-corrected chi connectivity index (χ4v) is 1.69. The maximum Gasteiger partial charge on any atom is 0.419 e. The predicted octanol–water partition coefficient (Wildman–Crippen LogP) is 2.72. The highest BCUT2D eigenvalue weighted by atomic mass is 79.9. The summed E-state index contributed by atoms with van der Waals surface area (Å²) in [6.07, 6.45) is -7.33. The van der Waals surface area contributed by atoms with Crippen molar-refractivity contribution >= 4 is 21.9 Å². The molecule has 0 aliphatic heterocycles. The summed E-state index contributed by atoms with van der Waals surface area (Å²) in [5.41, 5.74) is -2.58. The summed E-state index contributed by atoms with van der Waals surface area (Å²) in [6, 6.07) is 1.28. The van der Waals surface area contributed by atoms with Crippen LogP contribution in [0.5, 0.6) is 0 Å². The summed E-state index contributed by atoms with van der Waals surface area (Å²) in [6.45, 7) is 0. The molecule has 1 rings (SSSR count). The number of aliphatic hydroxyl groups excluding tert-OH is 1. The van der Waals surface area contributed by atoms with Crippen molar-refractivity contribution in [3.8, 4) is 0 Å². The van der Waals surface area contributed by atoms with E-state index >= 15 is 0 Å². The molecule has 0 spiro atoms. The van der Waals surface area contributed by atoms with E-state index in [0.717, 1.165) is 6.07 Å². The Labute approximate surface area is 101 Å². The third-order valence-electron chi connectivity index (χ3n) is 1.94. The van der Waals surface area contributed by atoms with Crippen LogP contribution in [-0.2, 0) is 11.0 Å². The fraction of sp³-hybridized carbons (Fsp3) is 0.222. The van der Waals surface area contributed by atoms with Gasteiger partial charge in [0.05, 0.1) is 5.56 Å². The van der Waals surface area contributed by atoms with Crippen molar-refractivity contribution in [3.63, 3.8) is 0 Å². The first-order valence-electron chi connectivity index (χ1n) is 4.12. The van der Waals surface area contributed by atoms with Crippen molar-refractivity contribution in [2.75, 3.05) is 0 Å². The Morgan fingerprint density at radius 2 is 1.88 bits per heavy atom. The predicted molar refractivity (Wildman–Crippen MR) is 51.7 cm³/mol. The largest absolute Gasteiger partial charge is 0.479 e. The smallest absolute Gasteiger partial charge is 0.419 e. The second kappa shape index (κ2) is 4.61. The maximum atomic E-state index is 13.5. The van der Waals surface area contributed by atoms with Gasteiger partial charge in [-0.25, -0.2) is 9.18 Å². The average molecular weight is 317 g/mol. The van der Waals surface area contributed by atoms with Gasteiger partial charge in [-0.05, 0) is 12.1 Å². The molecule has 0 heterocycles. The lowest BCUT2D eigenvalue weighted by molar-refractivity contribution is -0.148. The van der Waals surface area contributed by atoms with Gasteiger partial charge in [-0.15, -0.1) is 0 Å². The van der Waals surface area contributed by atoms with Gasteiger partial charge in [-0.1, -0.05) is 15.9 Å². The SMILES string of the molecule is O=C(O)C(O)c1c(Br)ccc(C(F)(F)F)c1F. The van der Waals surface area contributed by atoms with Crippen molar-refractivity contribution in [1.82, 2.24) is 0 Å². The monoisotopic (exact) mass is 316 g/mol. The van der Waals surface area contributed by atoms with E-state index in [2.05, 4.69) is 15.9 Å². The van der Waals surface area contributed by atoms with Gasteiger partial charge in [-0.2, -0.15) is 13.2 Å². The number of carbonyl (C=O) groups is 1. The molecule has 0 radical (unpaired) electrons. The molecule has 1 aromatic rings. The van der Waals surface area contributed by atoms with Gasteiger partial charge in [0, 0.05) is 10.0 Å². The Balaban J connectivity index is 3.45. The van der Waals surface area contributed by atoms with E-state index in [-0.39, 0.29) is 4.47 Å². The number of carboxylic acids is 1. The minimum Gasteiger partial charge on any atom is -0.479 e. The molecule has 0 saturated carbocycles. The van der Waals surface area contributed by atoms with Crippen LogP contribution in [0.1, 0.15) is 17.2 Å². The number of benzene rings is 1. The van der Waals surface area contributed by atoms with Crippen molar-refractivity contribution in [3.05, 3.63) is 33.5 Å². The van der Waals surface area contributed by atoms with Crippen LogP contribution in [0.2, 0.25) is 0 Å². The van der Waals surface area contributed by atoms with Crippen LogP contribution in [0, 0.1) is 5.82 Å². The van der Waals surface area contributed by atoms with Crippen LogP contribution in [0.25, 0.3) is 0 Å². The summed E-state index contributed by atoms with van der Waals surface area (Å²) in [5.74, 6) is -3.65. The number of alkyl halides is 3. The molecule has 1 unspecified atom stereocenters. The lowest BCUT2D eigenvalue weighted by Crippen LogP contribution is -2.17. The van der Waals surface area contributed by atoms with Gasteiger partial charge < -0.3 is 10.2 Å². The second-order valence-corrected chi connectivity index (χ2v) is 3.92.